The monoisotopic (exact) mass is 482 g/mol. The van der Waals surface area contributed by atoms with E-state index in [1.165, 1.54) is 5.56 Å². The zero-order valence-corrected chi connectivity index (χ0v) is 18.9. The smallest absolute Gasteiger partial charge is 0.276 e. The van der Waals surface area contributed by atoms with Crippen molar-refractivity contribution in [3.05, 3.63) is 57.0 Å². The van der Waals surface area contributed by atoms with Crippen LogP contribution in [-0.2, 0) is 9.59 Å². The van der Waals surface area contributed by atoms with Gasteiger partial charge in [0.1, 0.15) is 11.5 Å². The van der Waals surface area contributed by atoms with Crippen molar-refractivity contribution in [2.75, 3.05) is 13.2 Å². The highest BCUT2D eigenvalue weighted by Gasteiger charge is 2.11. The van der Waals surface area contributed by atoms with Crippen LogP contribution in [0.3, 0.4) is 0 Å². The van der Waals surface area contributed by atoms with E-state index in [1.807, 2.05) is 25.1 Å². The molecule has 1 atom stereocenters. The SMILES string of the molecule is CCC(C)c1ccc(OCC(=O)NNC(=O)COc2ccc(Cl)cc2C)c(Br)c1. The molecule has 0 heterocycles. The van der Waals surface area contributed by atoms with E-state index in [4.69, 9.17) is 21.1 Å². The molecule has 0 aliphatic heterocycles. The Bertz CT molecular complexity index is 876. The van der Waals surface area contributed by atoms with E-state index in [0.29, 0.717) is 22.4 Å². The molecule has 0 aromatic heterocycles. The standard InChI is InChI=1S/C21H24BrClN2O4/c1-4-13(2)15-5-7-19(17(22)10-15)29-12-21(27)25-24-20(26)11-28-18-8-6-16(23)9-14(18)3/h5-10,13H,4,11-12H2,1-3H3,(H,24,26)(H,25,27). The molecule has 2 amide bonds. The van der Waals surface area contributed by atoms with Gasteiger partial charge in [0.15, 0.2) is 13.2 Å². The van der Waals surface area contributed by atoms with Crippen molar-refractivity contribution >= 4 is 39.3 Å². The molecule has 8 heteroatoms. The van der Waals surface area contributed by atoms with Gasteiger partial charge in [0.2, 0.25) is 0 Å². The third-order valence-electron chi connectivity index (χ3n) is 4.33. The van der Waals surface area contributed by atoms with Crippen molar-refractivity contribution in [2.45, 2.75) is 33.1 Å². The first-order valence-corrected chi connectivity index (χ1v) is 10.4. The Labute approximate surface area is 184 Å². The van der Waals surface area contributed by atoms with Crippen molar-refractivity contribution in [3.63, 3.8) is 0 Å². The van der Waals surface area contributed by atoms with Gasteiger partial charge in [-0.1, -0.05) is 31.5 Å². The number of benzene rings is 2. The molecule has 2 rings (SSSR count). The van der Waals surface area contributed by atoms with Crippen LogP contribution in [0.2, 0.25) is 5.02 Å². The molecular formula is C21H24BrClN2O4. The Morgan fingerprint density at radius 2 is 1.62 bits per heavy atom. The van der Waals surface area contributed by atoms with Crippen LogP contribution in [0, 0.1) is 6.92 Å². The fourth-order valence-electron chi connectivity index (χ4n) is 2.45. The second-order valence-corrected chi connectivity index (χ2v) is 7.87. The zero-order valence-electron chi connectivity index (χ0n) is 16.6. The van der Waals surface area contributed by atoms with E-state index >= 15 is 0 Å². The summed E-state index contributed by atoms with van der Waals surface area (Å²) < 4.78 is 11.7. The number of hydrogen-bond donors (Lipinski definition) is 2. The summed E-state index contributed by atoms with van der Waals surface area (Å²) in [5, 5.41) is 0.590. The first kappa shape index (κ1) is 23.0. The summed E-state index contributed by atoms with van der Waals surface area (Å²) in [6, 6.07) is 10.9. The van der Waals surface area contributed by atoms with Gasteiger partial charge in [0.05, 0.1) is 4.47 Å². The zero-order chi connectivity index (χ0) is 21.4. The minimum atomic E-state index is -0.494. The summed E-state index contributed by atoms with van der Waals surface area (Å²) in [7, 11) is 0. The number of rotatable bonds is 8. The molecule has 0 saturated carbocycles. The lowest BCUT2D eigenvalue weighted by Gasteiger charge is -2.13. The van der Waals surface area contributed by atoms with Crippen LogP contribution in [0.15, 0.2) is 40.9 Å². The van der Waals surface area contributed by atoms with E-state index in [0.717, 1.165) is 16.5 Å². The summed E-state index contributed by atoms with van der Waals surface area (Å²) in [5.41, 5.74) is 6.58. The topological polar surface area (TPSA) is 76.7 Å². The lowest BCUT2D eigenvalue weighted by atomic mass is 9.99. The average Bonchev–Trinajstić information content (AvgIpc) is 2.70. The van der Waals surface area contributed by atoms with Crippen LogP contribution in [0.4, 0.5) is 0 Å². The average molecular weight is 484 g/mol. The second kappa shape index (κ2) is 11.1. The number of hydrazine groups is 1. The summed E-state index contributed by atoms with van der Waals surface area (Å²) in [5.74, 6) is 0.563. The lowest BCUT2D eigenvalue weighted by molar-refractivity contribution is -0.131. The molecule has 0 bridgehead atoms. The summed E-state index contributed by atoms with van der Waals surface area (Å²) in [6.45, 7) is 5.62. The molecule has 156 valence electrons. The minimum Gasteiger partial charge on any atom is -0.483 e. The van der Waals surface area contributed by atoms with E-state index in [9.17, 15) is 9.59 Å². The molecule has 0 spiro atoms. The van der Waals surface area contributed by atoms with Gasteiger partial charge in [0.25, 0.3) is 11.8 Å². The van der Waals surface area contributed by atoms with Crippen molar-refractivity contribution < 1.29 is 19.1 Å². The molecule has 0 aliphatic carbocycles. The summed E-state index contributed by atoms with van der Waals surface area (Å²) >= 11 is 9.34. The first-order chi connectivity index (χ1) is 13.8. The Hall–Kier alpha value is -2.25. The van der Waals surface area contributed by atoms with Gasteiger partial charge >= 0.3 is 0 Å². The molecule has 0 fully saturated rings. The summed E-state index contributed by atoms with van der Waals surface area (Å²) in [4.78, 5) is 23.7. The second-order valence-electron chi connectivity index (χ2n) is 6.58. The number of amides is 2. The Morgan fingerprint density at radius 1 is 1.03 bits per heavy atom. The maximum absolute atomic E-state index is 11.9. The third kappa shape index (κ3) is 7.25. The van der Waals surface area contributed by atoms with Crippen molar-refractivity contribution in [2.24, 2.45) is 0 Å². The molecular weight excluding hydrogens is 460 g/mol. The molecule has 2 aromatic rings. The van der Waals surface area contributed by atoms with Gasteiger partial charge in [-0.3, -0.25) is 20.4 Å². The van der Waals surface area contributed by atoms with Crippen LogP contribution >= 0.6 is 27.5 Å². The van der Waals surface area contributed by atoms with Gasteiger partial charge in [-0.25, -0.2) is 0 Å². The molecule has 6 nitrogen and oxygen atoms in total. The molecule has 0 saturated heterocycles. The normalized spacial score (nSPS) is 11.5. The van der Waals surface area contributed by atoms with Crippen LogP contribution in [0.5, 0.6) is 11.5 Å². The van der Waals surface area contributed by atoms with Crippen molar-refractivity contribution in [1.82, 2.24) is 10.9 Å². The predicted molar refractivity (Wildman–Crippen MR) is 116 cm³/mol. The maximum Gasteiger partial charge on any atom is 0.276 e. The predicted octanol–water partition coefficient (Wildman–Crippen LogP) is 4.53. The highest BCUT2D eigenvalue weighted by Crippen LogP contribution is 2.30. The highest BCUT2D eigenvalue weighted by atomic mass is 79.9. The number of carbonyl (C=O) groups is 2. The van der Waals surface area contributed by atoms with Crippen LogP contribution in [0.1, 0.15) is 37.3 Å². The van der Waals surface area contributed by atoms with Gasteiger partial charge in [-0.2, -0.15) is 0 Å². The lowest BCUT2D eigenvalue weighted by Crippen LogP contribution is -2.45. The molecule has 29 heavy (non-hydrogen) atoms. The third-order valence-corrected chi connectivity index (χ3v) is 5.19. The van der Waals surface area contributed by atoms with Gasteiger partial charge in [-0.15, -0.1) is 0 Å². The first-order valence-electron chi connectivity index (χ1n) is 9.19. The van der Waals surface area contributed by atoms with Gasteiger partial charge in [-0.05, 0) is 76.7 Å². The van der Waals surface area contributed by atoms with Crippen molar-refractivity contribution in [1.29, 1.82) is 0 Å². The van der Waals surface area contributed by atoms with Gasteiger partial charge < -0.3 is 9.47 Å². The number of halogens is 2. The fourth-order valence-corrected chi connectivity index (χ4v) is 3.19. The number of nitrogens with one attached hydrogen (secondary N) is 2. The quantitative estimate of drug-likeness (QED) is 0.541. The molecule has 1 unspecified atom stereocenters. The molecule has 0 radical (unpaired) electrons. The fraction of sp³-hybridized carbons (Fsp3) is 0.333. The molecule has 2 N–H and O–H groups in total. The number of ether oxygens (including phenoxy) is 2. The van der Waals surface area contributed by atoms with E-state index < -0.39 is 11.8 Å². The van der Waals surface area contributed by atoms with Crippen LogP contribution in [0.25, 0.3) is 0 Å². The Balaban J connectivity index is 1.74. The van der Waals surface area contributed by atoms with E-state index in [-0.39, 0.29) is 13.2 Å². The van der Waals surface area contributed by atoms with Gasteiger partial charge in [0, 0.05) is 5.02 Å². The minimum absolute atomic E-state index is 0.237. The number of aryl methyl sites for hydroxylation is 1. The Kier molecular flexibility index (Phi) is 8.79. The van der Waals surface area contributed by atoms with Crippen molar-refractivity contribution in [3.8, 4) is 11.5 Å². The van der Waals surface area contributed by atoms with E-state index in [1.54, 1.807) is 18.2 Å². The molecule has 2 aromatic carbocycles. The number of hydrogen-bond acceptors (Lipinski definition) is 4. The maximum atomic E-state index is 11.9. The highest BCUT2D eigenvalue weighted by molar-refractivity contribution is 9.10. The Morgan fingerprint density at radius 3 is 2.17 bits per heavy atom. The van der Waals surface area contributed by atoms with Crippen LogP contribution in [-0.4, -0.2) is 25.0 Å². The number of carbonyl (C=O) groups excluding carboxylic acids is 2. The van der Waals surface area contributed by atoms with Crippen LogP contribution < -0.4 is 20.3 Å². The molecule has 0 aliphatic rings. The summed E-state index contributed by atoms with van der Waals surface area (Å²) in [6.07, 6.45) is 1.04. The van der Waals surface area contributed by atoms with E-state index in [2.05, 4.69) is 40.6 Å². The largest absolute Gasteiger partial charge is 0.483 e.